The lowest BCUT2D eigenvalue weighted by Gasteiger charge is -2.57. The highest BCUT2D eigenvalue weighted by atomic mass is 16.5. The summed E-state index contributed by atoms with van der Waals surface area (Å²) in [6.07, 6.45) is 15.5. The second-order valence-electron chi connectivity index (χ2n) is 9.37. The van der Waals surface area contributed by atoms with Gasteiger partial charge < -0.3 is 9.30 Å². The van der Waals surface area contributed by atoms with E-state index in [1.165, 1.54) is 70.5 Å². The highest BCUT2D eigenvalue weighted by Gasteiger charge is 2.50. The van der Waals surface area contributed by atoms with Crippen LogP contribution in [0.2, 0.25) is 0 Å². The molecule has 1 aromatic rings. The van der Waals surface area contributed by atoms with Crippen molar-refractivity contribution in [2.75, 3.05) is 0 Å². The molecule has 1 aromatic heterocycles. The van der Waals surface area contributed by atoms with Gasteiger partial charge >= 0.3 is 5.97 Å². The number of unbranched alkanes of at least 4 members (excludes halogenated alkanes) is 1. The first-order valence-electron chi connectivity index (χ1n) is 10.7. The number of nitrogens with zero attached hydrogens (tertiary/aromatic N) is 2. The standard InChI is InChI=1S/C22H34N2O2/c1-3-4-5-21-23-14-20(15-26-16(2)25)24(21)7-6-22-11-17-8-18(12-22)10-19(9-17)13-22/h14,17-19H,3-13,15H2,1-2H3. The molecule has 0 spiro atoms. The lowest BCUT2D eigenvalue weighted by Crippen LogP contribution is -2.46. The van der Waals surface area contributed by atoms with E-state index in [9.17, 15) is 4.79 Å². The predicted molar refractivity (Wildman–Crippen MR) is 102 cm³/mol. The molecule has 4 aliphatic carbocycles. The molecule has 0 amide bonds. The SMILES string of the molecule is CCCCc1ncc(COC(C)=O)n1CCC12CC3CC(CC(C3)C1)C2. The molecule has 4 fully saturated rings. The zero-order valence-electron chi connectivity index (χ0n) is 16.5. The Bertz CT molecular complexity index is 613. The van der Waals surface area contributed by atoms with Crippen LogP contribution < -0.4 is 0 Å². The molecule has 1 heterocycles. The molecular formula is C22H34N2O2. The van der Waals surface area contributed by atoms with Crippen LogP contribution in [-0.4, -0.2) is 15.5 Å². The van der Waals surface area contributed by atoms with Crippen molar-refractivity contribution in [2.45, 2.75) is 91.2 Å². The van der Waals surface area contributed by atoms with Crippen LogP contribution in [0, 0.1) is 23.2 Å². The fourth-order valence-corrected chi connectivity index (χ4v) is 6.50. The minimum atomic E-state index is -0.214. The fraction of sp³-hybridized carbons (Fsp3) is 0.818. The predicted octanol–water partition coefficient (Wildman–Crippen LogP) is 4.90. The summed E-state index contributed by atoms with van der Waals surface area (Å²) in [5.74, 6) is 3.98. The van der Waals surface area contributed by atoms with Gasteiger partial charge in [0.2, 0.25) is 0 Å². The van der Waals surface area contributed by atoms with Gasteiger partial charge in [-0.1, -0.05) is 13.3 Å². The summed E-state index contributed by atoms with van der Waals surface area (Å²) in [5, 5.41) is 0. The molecule has 4 aliphatic rings. The van der Waals surface area contributed by atoms with Gasteiger partial charge in [-0.25, -0.2) is 4.98 Å². The van der Waals surface area contributed by atoms with Crippen molar-refractivity contribution in [2.24, 2.45) is 23.2 Å². The van der Waals surface area contributed by atoms with E-state index >= 15 is 0 Å². The second-order valence-corrected chi connectivity index (χ2v) is 9.37. The van der Waals surface area contributed by atoms with Crippen LogP contribution in [-0.2, 0) is 29.1 Å². The van der Waals surface area contributed by atoms with Crippen LogP contribution in [0.4, 0.5) is 0 Å². The van der Waals surface area contributed by atoms with Crippen LogP contribution in [0.3, 0.4) is 0 Å². The first kappa shape index (κ1) is 18.1. The maximum absolute atomic E-state index is 11.2. The molecule has 5 rings (SSSR count). The van der Waals surface area contributed by atoms with Crippen LogP contribution in [0.25, 0.3) is 0 Å². The van der Waals surface area contributed by atoms with Gasteiger partial charge in [-0.3, -0.25) is 4.79 Å². The van der Waals surface area contributed by atoms with Gasteiger partial charge in [-0.2, -0.15) is 0 Å². The summed E-state index contributed by atoms with van der Waals surface area (Å²) in [6, 6.07) is 0. The largest absolute Gasteiger partial charge is 0.459 e. The molecule has 0 saturated heterocycles. The minimum absolute atomic E-state index is 0.214. The highest BCUT2D eigenvalue weighted by Crippen LogP contribution is 2.61. The van der Waals surface area contributed by atoms with Gasteiger partial charge in [0, 0.05) is 19.9 Å². The Morgan fingerprint density at radius 1 is 1.23 bits per heavy atom. The highest BCUT2D eigenvalue weighted by molar-refractivity contribution is 5.65. The van der Waals surface area contributed by atoms with Crippen LogP contribution in [0.1, 0.15) is 83.2 Å². The van der Waals surface area contributed by atoms with Crippen molar-refractivity contribution in [3.05, 3.63) is 17.7 Å². The minimum Gasteiger partial charge on any atom is -0.459 e. The number of carbonyl (C=O) groups is 1. The number of hydrogen-bond acceptors (Lipinski definition) is 3. The molecule has 0 aliphatic heterocycles. The number of aromatic nitrogens is 2. The first-order chi connectivity index (χ1) is 12.6. The summed E-state index contributed by atoms with van der Waals surface area (Å²) < 4.78 is 7.65. The average Bonchev–Trinajstić information content (AvgIpc) is 2.97. The maximum atomic E-state index is 11.2. The van der Waals surface area contributed by atoms with E-state index in [4.69, 9.17) is 4.74 Å². The van der Waals surface area contributed by atoms with E-state index in [2.05, 4.69) is 16.5 Å². The number of rotatable bonds is 8. The van der Waals surface area contributed by atoms with E-state index in [1.54, 1.807) is 0 Å². The molecule has 0 radical (unpaired) electrons. The van der Waals surface area contributed by atoms with E-state index in [0.717, 1.165) is 36.4 Å². The third-order valence-electron chi connectivity index (χ3n) is 7.23. The van der Waals surface area contributed by atoms with Crippen molar-refractivity contribution >= 4 is 5.97 Å². The summed E-state index contributed by atoms with van der Waals surface area (Å²) in [6.45, 7) is 5.10. The summed E-state index contributed by atoms with van der Waals surface area (Å²) >= 11 is 0. The Hall–Kier alpha value is -1.32. The number of imidazole rings is 1. The molecule has 4 heteroatoms. The van der Waals surface area contributed by atoms with Crippen LogP contribution >= 0.6 is 0 Å². The Morgan fingerprint density at radius 3 is 2.46 bits per heavy atom. The maximum Gasteiger partial charge on any atom is 0.303 e. The quantitative estimate of drug-likeness (QED) is 0.621. The molecule has 144 valence electrons. The lowest BCUT2D eigenvalue weighted by atomic mass is 9.49. The van der Waals surface area contributed by atoms with Crippen molar-refractivity contribution in [3.63, 3.8) is 0 Å². The monoisotopic (exact) mass is 358 g/mol. The molecule has 26 heavy (non-hydrogen) atoms. The summed E-state index contributed by atoms with van der Waals surface area (Å²) in [7, 11) is 0. The van der Waals surface area contributed by atoms with Gasteiger partial charge in [0.05, 0.1) is 11.9 Å². The number of aryl methyl sites for hydroxylation is 1. The number of ether oxygens (including phenoxy) is 1. The van der Waals surface area contributed by atoms with E-state index < -0.39 is 0 Å². The average molecular weight is 359 g/mol. The van der Waals surface area contributed by atoms with Gasteiger partial charge in [-0.05, 0) is 74.5 Å². The van der Waals surface area contributed by atoms with Crippen molar-refractivity contribution in [1.29, 1.82) is 0 Å². The van der Waals surface area contributed by atoms with E-state index in [0.29, 0.717) is 12.0 Å². The molecule has 0 unspecified atom stereocenters. The summed E-state index contributed by atoms with van der Waals surface area (Å²) in [5.41, 5.74) is 1.65. The third kappa shape index (κ3) is 3.70. The van der Waals surface area contributed by atoms with Crippen molar-refractivity contribution in [1.82, 2.24) is 9.55 Å². The van der Waals surface area contributed by atoms with Crippen molar-refractivity contribution in [3.8, 4) is 0 Å². The Morgan fingerprint density at radius 2 is 1.88 bits per heavy atom. The smallest absolute Gasteiger partial charge is 0.303 e. The van der Waals surface area contributed by atoms with Gasteiger partial charge in [-0.15, -0.1) is 0 Å². The number of hydrogen-bond donors (Lipinski definition) is 0. The van der Waals surface area contributed by atoms with Crippen LogP contribution in [0.5, 0.6) is 0 Å². The molecular weight excluding hydrogens is 324 g/mol. The molecule has 0 aromatic carbocycles. The Labute approximate surface area is 157 Å². The van der Waals surface area contributed by atoms with E-state index in [-0.39, 0.29) is 5.97 Å². The van der Waals surface area contributed by atoms with Gasteiger partial charge in [0.25, 0.3) is 0 Å². The zero-order chi connectivity index (χ0) is 18.1. The molecule has 4 nitrogen and oxygen atoms in total. The molecule has 0 N–H and O–H groups in total. The first-order valence-corrected chi connectivity index (χ1v) is 10.7. The van der Waals surface area contributed by atoms with Gasteiger partial charge in [0.1, 0.15) is 12.4 Å². The fourth-order valence-electron chi connectivity index (χ4n) is 6.50. The number of carbonyl (C=O) groups excluding carboxylic acids is 1. The second kappa shape index (κ2) is 7.36. The van der Waals surface area contributed by atoms with Gasteiger partial charge in [0.15, 0.2) is 0 Å². The van der Waals surface area contributed by atoms with Crippen molar-refractivity contribution < 1.29 is 9.53 Å². The topological polar surface area (TPSA) is 44.1 Å². The van der Waals surface area contributed by atoms with Crippen LogP contribution in [0.15, 0.2) is 6.20 Å². The molecule has 0 atom stereocenters. The normalized spacial score (nSPS) is 32.2. The number of esters is 1. The molecule has 4 saturated carbocycles. The zero-order valence-corrected chi connectivity index (χ0v) is 16.5. The lowest BCUT2D eigenvalue weighted by molar-refractivity contribution is -0.142. The Kier molecular flexibility index (Phi) is 5.11. The molecule has 4 bridgehead atoms. The Balaban J connectivity index is 1.47. The van der Waals surface area contributed by atoms with E-state index in [1.807, 2.05) is 6.20 Å². The summed E-state index contributed by atoms with van der Waals surface area (Å²) in [4.78, 5) is 15.9. The third-order valence-corrected chi connectivity index (χ3v) is 7.23.